The van der Waals surface area contributed by atoms with Crippen LogP contribution in [-0.2, 0) is 0 Å². The molecule has 1 unspecified atom stereocenters. The molecular formula is C15H12Br2ClFO2. The first-order valence-electron chi connectivity index (χ1n) is 5.98. The first-order chi connectivity index (χ1) is 9.97. The van der Waals surface area contributed by atoms with Crippen molar-refractivity contribution in [1.82, 2.24) is 0 Å². The number of halogens is 4. The van der Waals surface area contributed by atoms with Crippen molar-refractivity contribution in [3.05, 3.63) is 56.8 Å². The summed E-state index contributed by atoms with van der Waals surface area (Å²) in [4.78, 5) is -0.211. The molecule has 0 aliphatic rings. The van der Waals surface area contributed by atoms with Gasteiger partial charge in [-0.25, -0.2) is 4.39 Å². The molecule has 0 spiro atoms. The summed E-state index contributed by atoms with van der Waals surface area (Å²) in [6, 6.07) is 8.26. The lowest BCUT2D eigenvalue weighted by atomic mass is 10.0. The van der Waals surface area contributed by atoms with Crippen LogP contribution in [0.25, 0.3) is 0 Å². The van der Waals surface area contributed by atoms with Gasteiger partial charge in [-0.1, -0.05) is 33.6 Å². The van der Waals surface area contributed by atoms with E-state index in [-0.39, 0.29) is 10.6 Å². The molecule has 0 bridgehead atoms. The van der Waals surface area contributed by atoms with E-state index in [1.165, 1.54) is 13.2 Å². The molecule has 0 amide bonds. The van der Waals surface area contributed by atoms with Crippen molar-refractivity contribution in [2.24, 2.45) is 0 Å². The van der Waals surface area contributed by atoms with Crippen LogP contribution in [0.2, 0.25) is 5.02 Å². The Morgan fingerprint density at radius 1 is 1.14 bits per heavy atom. The lowest BCUT2D eigenvalue weighted by molar-refractivity contribution is 0.386. The second-order valence-electron chi connectivity index (χ2n) is 4.27. The van der Waals surface area contributed by atoms with Crippen molar-refractivity contribution < 1.29 is 13.9 Å². The molecule has 0 aliphatic carbocycles. The fourth-order valence-electron chi connectivity index (χ4n) is 2.00. The third kappa shape index (κ3) is 3.52. The quantitative estimate of drug-likeness (QED) is 0.567. The van der Waals surface area contributed by atoms with E-state index in [4.69, 9.17) is 21.1 Å². The minimum atomic E-state index is -0.403. The van der Waals surface area contributed by atoms with E-state index >= 15 is 0 Å². The van der Waals surface area contributed by atoms with Crippen molar-refractivity contribution in [3.8, 4) is 11.5 Å². The minimum absolute atomic E-state index is 0.192. The predicted octanol–water partition coefficient (Wildman–Crippen LogP) is 5.74. The van der Waals surface area contributed by atoms with Gasteiger partial charge in [0.05, 0.1) is 23.5 Å². The maximum Gasteiger partial charge on any atom is 0.165 e. The highest BCUT2D eigenvalue weighted by molar-refractivity contribution is 9.10. The molecule has 0 aromatic heterocycles. The molecule has 0 heterocycles. The van der Waals surface area contributed by atoms with Gasteiger partial charge in [0.25, 0.3) is 0 Å². The first-order valence-corrected chi connectivity index (χ1v) is 8.07. The Labute approximate surface area is 144 Å². The Hall–Kier alpha value is -0.780. The van der Waals surface area contributed by atoms with Crippen LogP contribution >= 0.6 is 43.5 Å². The molecule has 0 radical (unpaired) electrons. The number of rotatable bonds is 4. The molecule has 0 saturated carbocycles. The Morgan fingerprint density at radius 3 is 2.48 bits per heavy atom. The van der Waals surface area contributed by atoms with Crippen LogP contribution in [0.3, 0.4) is 0 Å². The van der Waals surface area contributed by atoms with Gasteiger partial charge in [0.1, 0.15) is 5.75 Å². The molecule has 1 atom stereocenters. The molecule has 112 valence electrons. The fraction of sp³-hybridized carbons (Fsp3) is 0.200. The second-order valence-corrected chi connectivity index (χ2v) is 6.47. The third-order valence-corrected chi connectivity index (χ3v) is 4.81. The summed E-state index contributed by atoms with van der Waals surface area (Å²) in [5, 5.41) is 0.580. The average molecular weight is 439 g/mol. The topological polar surface area (TPSA) is 18.5 Å². The standard InChI is InChI=1S/C15H12Br2ClFO2/c1-20-13-5-8(3-4-12(13)19)14(17)10-6-9(18)7-11(16)15(10)21-2/h3-7,14H,1-2H3. The Bertz CT molecular complexity index is 664. The van der Waals surface area contributed by atoms with E-state index in [1.807, 2.05) is 0 Å². The molecule has 2 aromatic carbocycles. The highest BCUT2D eigenvalue weighted by atomic mass is 79.9. The van der Waals surface area contributed by atoms with Gasteiger partial charge in [0, 0.05) is 10.6 Å². The Morgan fingerprint density at radius 2 is 1.86 bits per heavy atom. The predicted molar refractivity (Wildman–Crippen MR) is 89.4 cm³/mol. The molecule has 2 nitrogen and oxygen atoms in total. The van der Waals surface area contributed by atoms with Crippen LogP contribution in [0, 0.1) is 5.82 Å². The maximum atomic E-state index is 13.5. The summed E-state index contributed by atoms with van der Waals surface area (Å²) in [6.45, 7) is 0. The van der Waals surface area contributed by atoms with E-state index in [1.54, 1.807) is 31.4 Å². The molecule has 6 heteroatoms. The number of ether oxygens (including phenoxy) is 2. The largest absolute Gasteiger partial charge is 0.495 e. The van der Waals surface area contributed by atoms with Crippen molar-refractivity contribution in [3.63, 3.8) is 0 Å². The smallest absolute Gasteiger partial charge is 0.165 e. The van der Waals surface area contributed by atoms with Crippen molar-refractivity contribution >= 4 is 43.5 Å². The van der Waals surface area contributed by atoms with Crippen molar-refractivity contribution in [1.29, 1.82) is 0 Å². The SMILES string of the molecule is COc1cc(C(Br)c2cc(Cl)cc(Br)c2OC)ccc1F. The monoisotopic (exact) mass is 436 g/mol. The van der Waals surface area contributed by atoms with E-state index in [2.05, 4.69) is 31.9 Å². The van der Waals surface area contributed by atoms with Crippen molar-refractivity contribution in [2.75, 3.05) is 14.2 Å². The van der Waals surface area contributed by atoms with Crippen LogP contribution in [0.4, 0.5) is 4.39 Å². The zero-order valence-electron chi connectivity index (χ0n) is 11.3. The number of hydrogen-bond donors (Lipinski definition) is 0. The molecule has 0 N–H and O–H groups in total. The van der Waals surface area contributed by atoms with E-state index in [0.29, 0.717) is 10.8 Å². The fourth-order valence-corrected chi connectivity index (χ4v) is 3.62. The van der Waals surface area contributed by atoms with E-state index < -0.39 is 5.82 Å². The summed E-state index contributed by atoms with van der Waals surface area (Å²) in [6.07, 6.45) is 0. The minimum Gasteiger partial charge on any atom is -0.495 e. The average Bonchev–Trinajstić information content (AvgIpc) is 2.46. The molecule has 0 fully saturated rings. The molecular weight excluding hydrogens is 426 g/mol. The molecule has 0 aliphatic heterocycles. The van der Waals surface area contributed by atoms with Gasteiger partial charge < -0.3 is 9.47 Å². The summed E-state index contributed by atoms with van der Waals surface area (Å²) in [7, 11) is 3.02. The zero-order chi connectivity index (χ0) is 15.6. The van der Waals surface area contributed by atoms with Crippen LogP contribution in [0.5, 0.6) is 11.5 Å². The van der Waals surface area contributed by atoms with Gasteiger partial charge in [0.15, 0.2) is 11.6 Å². The molecule has 21 heavy (non-hydrogen) atoms. The highest BCUT2D eigenvalue weighted by Crippen LogP contribution is 2.42. The molecule has 2 rings (SSSR count). The van der Waals surface area contributed by atoms with E-state index in [9.17, 15) is 4.39 Å². The van der Waals surface area contributed by atoms with Gasteiger partial charge in [-0.3, -0.25) is 0 Å². The summed E-state index contributed by atoms with van der Waals surface area (Å²) in [5.41, 5.74) is 1.67. The summed E-state index contributed by atoms with van der Waals surface area (Å²) < 4.78 is 24.7. The third-order valence-electron chi connectivity index (χ3n) is 2.98. The van der Waals surface area contributed by atoms with Gasteiger partial charge in [0.2, 0.25) is 0 Å². The van der Waals surface area contributed by atoms with Gasteiger partial charge in [-0.2, -0.15) is 0 Å². The van der Waals surface area contributed by atoms with Crippen LogP contribution in [-0.4, -0.2) is 14.2 Å². The van der Waals surface area contributed by atoms with Crippen molar-refractivity contribution in [2.45, 2.75) is 4.83 Å². The van der Waals surface area contributed by atoms with Crippen LogP contribution in [0.15, 0.2) is 34.8 Å². The lowest BCUT2D eigenvalue weighted by Gasteiger charge is -2.17. The zero-order valence-corrected chi connectivity index (χ0v) is 15.2. The van der Waals surface area contributed by atoms with Crippen LogP contribution in [0.1, 0.15) is 16.0 Å². The molecule has 0 saturated heterocycles. The number of methoxy groups -OCH3 is 2. The van der Waals surface area contributed by atoms with E-state index in [0.717, 1.165) is 15.6 Å². The Balaban J connectivity index is 2.51. The summed E-state index contributed by atoms with van der Waals surface area (Å²) >= 11 is 13.1. The van der Waals surface area contributed by atoms with Gasteiger partial charge in [-0.15, -0.1) is 0 Å². The number of hydrogen-bond acceptors (Lipinski definition) is 2. The summed E-state index contributed by atoms with van der Waals surface area (Å²) in [5.74, 6) is 0.460. The van der Waals surface area contributed by atoms with Gasteiger partial charge in [-0.05, 0) is 45.8 Å². The maximum absolute atomic E-state index is 13.5. The van der Waals surface area contributed by atoms with Gasteiger partial charge >= 0.3 is 0 Å². The molecule has 2 aromatic rings. The normalized spacial score (nSPS) is 12.1. The number of benzene rings is 2. The first kappa shape index (κ1) is 16.6. The highest BCUT2D eigenvalue weighted by Gasteiger charge is 2.20. The Kier molecular flexibility index (Phi) is 5.52. The lowest BCUT2D eigenvalue weighted by Crippen LogP contribution is -1.99. The van der Waals surface area contributed by atoms with Crippen LogP contribution < -0.4 is 9.47 Å². The number of alkyl halides is 1. The second kappa shape index (κ2) is 6.99.